The molecule has 0 N–H and O–H groups in total. The Hall–Kier alpha value is -2.90. The van der Waals surface area contributed by atoms with E-state index in [4.69, 9.17) is 9.15 Å². The number of piperidine rings is 1. The van der Waals surface area contributed by atoms with E-state index < -0.39 is 17.9 Å². The summed E-state index contributed by atoms with van der Waals surface area (Å²) in [7, 11) is 2.55. The number of pyridine rings is 1. The second kappa shape index (κ2) is 6.68. The van der Waals surface area contributed by atoms with Gasteiger partial charge in [0.25, 0.3) is 0 Å². The first kappa shape index (κ1) is 17.5. The number of oxazole rings is 1. The number of aromatic nitrogens is 2. The third-order valence-corrected chi connectivity index (χ3v) is 5.32. The van der Waals surface area contributed by atoms with Crippen LogP contribution >= 0.6 is 0 Å². The van der Waals surface area contributed by atoms with Crippen molar-refractivity contribution in [2.45, 2.75) is 19.3 Å². The summed E-state index contributed by atoms with van der Waals surface area (Å²) in [5.74, 6) is 0.430. The van der Waals surface area contributed by atoms with E-state index in [1.807, 2.05) is 19.1 Å². The Morgan fingerprint density at radius 2 is 1.96 bits per heavy atom. The molecule has 0 radical (unpaired) electrons. The maximum Gasteiger partial charge on any atom is 0.375 e. The van der Waals surface area contributed by atoms with Crippen LogP contribution in [-0.4, -0.2) is 49.2 Å². The molecule has 0 aromatic carbocycles. The van der Waals surface area contributed by atoms with E-state index in [2.05, 4.69) is 19.6 Å². The van der Waals surface area contributed by atoms with E-state index in [0.29, 0.717) is 11.3 Å². The molecule has 8 nitrogen and oxygen atoms in total. The molecule has 2 aromatic heterocycles. The fraction of sp³-hybridized carbons (Fsp3) is 0.474. The number of carbonyl (C=O) groups excluding carboxylic acids is 2. The smallest absolute Gasteiger partial charge is 0.375 e. The molecule has 1 aliphatic carbocycles. The zero-order valence-electron chi connectivity index (χ0n) is 15.5. The molecule has 4 rings (SSSR count). The Balaban J connectivity index is 1.65. The van der Waals surface area contributed by atoms with Crippen molar-refractivity contribution < 1.29 is 23.5 Å². The number of aryl methyl sites for hydroxylation is 1. The fourth-order valence-electron chi connectivity index (χ4n) is 3.72. The van der Waals surface area contributed by atoms with Crippen LogP contribution in [0.25, 0.3) is 0 Å². The lowest BCUT2D eigenvalue weighted by Gasteiger charge is -2.21. The van der Waals surface area contributed by atoms with Crippen molar-refractivity contribution in [2.75, 3.05) is 32.2 Å². The minimum atomic E-state index is -0.901. The fourth-order valence-corrected chi connectivity index (χ4v) is 3.72. The normalized spacial score (nSPS) is 21.5. The minimum absolute atomic E-state index is 0.0695. The molecule has 3 heterocycles. The molecule has 2 fully saturated rings. The molecular formula is C19H21N3O5. The zero-order valence-corrected chi connectivity index (χ0v) is 15.5. The SMILES string of the molecule is COC(=O)c1cnc(C(C(=O)OC)c2ccc(N3CC4C[C@H]4C3)nc2C)o1. The quantitative estimate of drug-likeness (QED) is 0.736. The highest BCUT2D eigenvalue weighted by Gasteiger charge is 2.45. The number of ether oxygens (including phenoxy) is 2. The Labute approximate surface area is 156 Å². The van der Waals surface area contributed by atoms with Gasteiger partial charge in [-0.05, 0) is 36.8 Å². The number of carbonyl (C=O) groups is 2. The van der Waals surface area contributed by atoms with Crippen LogP contribution < -0.4 is 4.90 Å². The Bertz CT molecular complexity index is 883. The molecule has 1 saturated heterocycles. The first-order chi connectivity index (χ1) is 13.0. The predicted molar refractivity (Wildman–Crippen MR) is 94.5 cm³/mol. The number of methoxy groups -OCH3 is 2. The van der Waals surface area contributed by atoms with Crippen molar-refractivity contribution in [3.63, 3.8) is 0 Å². The van der Waals surface area contributed by atoms with Crippen LogP contribution in [0.1, 0.15) is 40.0 Å². The van der Waals surface area contributed by atoms with E-state index in [9.17, 15) is 9.59 Å². The zero-order chi connectivity index (χ0) is 19.1. The molecule has 2 aliphatic rings. The number of rotatable bonds is 5. The van der Waals surface area contributed by atoms with Crippen molar-refractivity contribution in [1.29, 1.82) is 0 Å². The van der Waals surface area contributed by atoms with Crippen LogP contribution in [0.3, 0.4) is 0 Å². The lowest BCUT2D eigenvalue weighted by Crippen LogP contribution is -2.24. The maximum absolute atomic E-state index is 12.4. The number of anilines is 1. The first-order valence-electron chi connectivity index (χ1n) is 8.86. The summed E-state index contributed by atoms with van der Waals surface area (Å²) in [4.78, 5) is 35.1. The monoisotopic (exact) mass is 371 g/mol. The third-order valence-electron chi connectivity index (χ3n) is 5.32. The molecule has 8 heteroatoms. The summed E-state index contributed by atoms with van der Waals surface area (Å²) in [5.41, 5.74) is 1.33. The van der Waals surface area contributed by atoms with Gasteiger partial charge < -0.3 is 18.8 Å². The molecule has 0 spiro atoms. The highest BCUT2D eigenvalue weighted by atomic mass is 16.5. The van der Waals surface area contributed by atoms with Crippen LogP contribution in [-0.2, 0) is 14.3 Å². The molecule has 0 amide bonds. The lowest BCUT2D eigenvalue weighted by molar-refractivity contribution is -0.141. The third kappa shape index (κ3) is 3.15. The molecule has 0 bridgehead atoms. The van der Waals surface area contributed by atoms with Crippen molar-refractivity contribution in [2.24, 2.45) is 11.8 Å². The Morgan fingerprint density at radius 3 is 2.59 bits per heavy atom. The summed E-state index contributed by atoms with van der Waals surface area (Å²) in [6.45, 7) is 3.92. The van der Waals surface area contributed by atoms with Gasteiger partial charge in [-0.25, -0.2) is 14.8 Å². The largest absolute Gasteiger partial charge is 0.468 e. The van der Waals surface area contributed by atoms with Gasteiger partial charge in [0, 0.05) is 18.8 Å². The summed E-state index contributed by atoms with van der Waals surface area (Å²) in [6.07, 6.45) is 2.56. The van der Waals surface area contributed by atoms with E-state index in [0.717, 1.165) is 30.7 Å². The maximum atomic E-state index is 12.4. The van der Waals surface area contributed by atoms with Gasteiger partial charge in [0.15, 0.2) is 5.92 Å². The van der Waals surface area contributed by atoms with Crippen molar-refractivity contribution in [3.05, 3.63) is 41.2 Å². The second-order valence-electron chi connectivity index (χ2n) is 7.02. The molecule has 3 atom stereocenters. The van der Waals surface area contributed by atoms with Gasteiger partial charge in [-0.3, -0.25) is 4.79 Å². The molecule has 1 saturated carbocycles. The number of hydrogen-bond donors (Lipinski definition) is 0. The predicted octanol–water partition coefficient (Wildman–Crippen LogP) is 1.93. The van der Waals surface area contributed by atoms with Gasteiger partial charge in [0.05, 0.1) is 20.4 Å². The van der Waals surface area contributed by atoms with Crippen molar-refractivity contribution in [1.82, 2.24) is 9.97 Å². The molecule has 27 heavy (non-hydrogen) atoms. The van der Waals surface area contributed by atoms with Gasteiger partial charge in [0.2, 0.25) is 11.7 Å². The Kier molecular flexibility index (Phi) is 4.33. The molecule has 142 valence electrons. The number of fused-ring (bicyclic) bond motifs is 1. The average molecular weight is 371 g/mol. The van der Waals surface area contributed by atoms with E-state index in [1.54, 1.807) is 0 Å². The summed E-state index contributed by atoms with van der Waals surface area (Å²) in [6, 6.07) is 3.76. The van der Waals surface area contributed by atoms with Crippen molar-refractivity contribution in [3.8, 4) is 0 Å². The van der Waals surface area contributed by atoms with Gasteiger partial charge in [-0.2, -0.15) is 0 Å². The molecule has 1 aliphatic heterocycles. The van der Waals surface area contributed by atoms with Crippen LogP contribution in [0, 0.1) is 18.8 Å². The van der Waals surface area contributed by atoms with Gasteiger partial charge >= 0.3 is 11.9 Å². The van der Waals surface area contributed by atoms with Crippen LogP contribution in [0.5, 0.6) is 0 Å². The van der Waals surface area contributed by atoms with E-state index in [1.165, 1.54) is 26.8 Å². The molecular weight excluding hydrogens is 350 g/mol. The van der Waals surface area contributed by atoms with Gasteiger partial charge in [0.1, 0.15) is 5.82 Å². The van der Waals surface area contributed by atoms with Crippen LogP contribution in [0.15, 0.2) is 22.7 Å². The number of esters is 2. The van der Waals surface area contributed by atoms with Crippen LogP contribution in [0.2, 0.25) is 0 Å². The van der Waals surface area contributed by atoms with Crippen molar-refractivity contribution >= 4 is 17.8 Å². The second-order valence-corrected chi connectivity index (χ2v) is 7.02. The number of hydrogen-bond acceptors (Lipinski definition) is 8. The van der Waals surface area contributed by atoms with Crippen LogP contribution in [0.4, 0.5) is 5.82 Å². The Morgan fingerprint density at radius 1 is 1.22 bits per heavy atom. The summed E-state index contributed by atoms with van der Waals surface area (Å²) in [5, 5.41) is 0. The van der Waals surface area contributed by atoms with Gasteiger partial charge in [-0.15, -0.1) is 0 Å². The van der Waals surface area contributed by atoms with E-state index >= 15 is 0 Å². The molecule has 2 unspecified atom stereocenters. The highest BCUT2D eigenvalue weighted by Crippen LogP contribution is 2.46. The summed E-state index contributed by atoms with van der Waals surface area (Å²) >= 11 is 0. The highest BCUT2D eigenvalue weighted by molar-refractivity contribution is 5.86. The van der Waals surface area contributed by atoms with Gasteiger partial charge in [-0.1, -0.05) is 6.07 Å². The number of nitrogens with zero attached hydrogens (tertiary/aromatic N) is 3. The standard InChI is InChI=1S/C19H21N3O5/c1-10-13(4-5-15(21-10)22-8-11-6-12(11)9-22)16(19(24)26-3)17-20-7-14(27-17)18(23)25-2/h4-5,7,11-12,16H,6,8-9H2,1-3H3/t11-,12?,16?/m0/s1. The van der Waals surface area contributed by atoms with E-state index in [-0.39, 0.29) is 11.7 Å². The topological polar surface area (TPSA) is 94.8 Å². The molecule has 2 aromatic rings. The first-order valence-corrected chi connectivity index (χ1v) is 8.86. The average Bonchev–Trinajstić information content (AvgIpc) is 3.08. The minimum Gasteiger partial charge on any atom is -0.468 e. The lowest BCUT2D eigenvalue weighted by atomic mass is 9.97. The summed E-state index contributed by atoms with van der Waals surface area (Å²) < 4.78 is 15.0.